The van der Waals surface area contributed by atoms with Crippen molar-refractivity contribution < 1.29 is 22.0 Å². The lowest BCUT2D eigenvalue weighted by Crippen LogP contribution is -2.40. The smallest absolute Gasteiger partial charge is 0.260 e. The summed E-state index contributed by atoms with van der Waals surface area (Å²) in [6, 6.07) is 5.52. The first kappa shape index (κ1) is 26.2. The van der Waals surface area contributed by atoms with Crippen molar-refractivity contribution in [3.05, 3.63) is 65.0 Å². The molecule has 0 radical (unpaired) electrons. The Morgan fingerprint density at radius 1 is 1.13 bits per heavy atom. The topological polar surface area (TPSA) is 120 Å². The molecule has 5 rings (SSSR count). The van der Waals surface area contributed by atoms with E-state index in [1.807, 2.05) is 0 Å². The van der Waals surface area contributed by atoms with Crippen molar-refractivity contribution in [2.45, 2.75) is 62.9 Å². The molecule has 1 amide bonds. The number of benzene rings is 1. The second-order valence-corrected chi connectivity index (χ2v) is 12.2. The van der Waals surface area contributed by atoms with Crippen molar-refractivity contribution >= 4 is 27.6 Å². The second kappa shape index (κ2) is 10.1. The van der Waals surface area contributed by atoms with E-state index in [1.54, 1.807) is 32.2 Å². The summed E-state index contributed by atoms with van der Waals surface area (Å²) in [7, 11) is -4.28. The maximum absolute atomic E-state index is 13.8. The average Bonchev–Trinajstić information content (AvgIpc) is 3.41. The van der Waals surface area contributed by atoms with Crippen molar-refractivity contribution in [2.75, 3.05) is 17.2 Å². The first-order valence-electron chi connectivity index (χ1n) is 12.6. The number of carbonyl (C=O) groups is 1. The Hall–Kier alpha value is -3.38. The van der Waals surface area contributed by atoms with Gasteiger partial charge in [0.1, 0.15) is 17.5 Å². The Morgan fingerprint density at radius 2 is 1.84 bits per heavy atom. The number of halogens is 2. The van der Waals surface area contributed by atoms with E-state index in [0.717, 1.165) is 35.8 Å². The molecule has 3 N–H and O–H groups in total. The zero-order valence-corrected chi connectivity index (χ0v) is 22.0. The molecular weight excluding hydrogens is 514 g/mol. The quantitative estimate of drug-likeness (QED) is 0.394. The highest BCUT2D eigenvalue weighted by atomic mass is 32.2. The maximum atomic E-state index is 13.8. The van der Waals surface area contributed by atoms with E-state index in [0.29, 0.717) is 34.6 Å². The summed E-state index contributed by atoms with van der Waals surface area (Å²) in [6.45, 7) is 3.90. The summed E-state index contributed by atoms with van der Waals surface area (Å²) in [5.41, 5.74) is 0.185. The van der Waals surface area contributed by atoms with Gasteiger partial charge < -0.3 is 10.6 Å². The van der Waals surface area contributed by atoms with Crippen LogP contribution in [0, 0.1) is 17.6 Å². The molecule has 2 aromatic heterocycles. The molecule has 12 heteroatoms. The SMILES string of the molecule is CC1(C)c2[nH]nc(NC(=O)c3cccnc3NCC3CCCCC3)c2CN1S(=O)(=O)c1cc(F)cc(F)c1. The molecular formula is C26H30F2N6O3S. The highest BCUT2D eigenvalue weighted by Crippen LogP contribution is 2.44. The summed E-state index contributed by atoms with van der Waals surface area (Å²) in [5.74, 6) is -1.22. The second-order valence-electron chi connectivity index (χ2n) is 10.3. The van der Waals surface area contributed by atoms with Gasteiger partial charge in [-0.15, -0.1) is 0 Å². The van der Waals surface area contributed by atoms with Crippen LogP contribution in [0.2, 0.25) is 0 Å². The number of pyridine rings is 1. The van der Waals surface area contributed by atoms with Crippen molar-refractivity contribution in [1.29, 1.82) is 0 Å². The Labute approximate surface area is 220 Å². The Balaban J connectivity index is 1.36. The Morgan fingerprint density at radius 3 is 2.55 bits per heavy atom. The number of H-pyrrole nitrogens is 1. The number of hydrogen-bond acceptors (Lipinski definition) is 6. The van der Waals surface area contributed by atoms with Crippen molar-refractivity contribution in [2.24, 2.45) is 5.92 Å². The largest absolute Gasteiger partial charge is 0.369 e. The highest BCUT2D eigenvalue weighted by Gasteiger charge is 2.48. The zero-order valence-electron chi connectivity index (χ0n) is 21.2. The minimum Gasteiger partial charge on any atom is -0.369 e. The van der Waals surface area contributed by atoms with Gasteiger partial charge in [0.25, 0.3) is 5.91 Å². The predicted molar refractivity (Wildman–Crippen MR) is 138 cm³/mol. The molecule has 0 unspecified atom stereocenters. The molecule has 3 aromatic rings. The molecule has 2 aliphatic rings. The number of rotatable bonds is 7. The van der Waals surface area contributed by atoms with Crippen LogP contribution in [0.3, 0.4) is 0 Å². The summed E-state index contributed by atoms with van der Waals surface area (Å²) in [6.07, 6.45) is 7.60. The van der Waals surface area contributed by atoms with Gasteiger partial charge in [-0.3, -0.25) is 9.89 Å². The van der Waals surface area contributed by atoms with Crippen molar-refractivity contribution in [3.8, 4) is 0 Å². The monoisotopic (exact) mass is 544 g/mol. The number of nitrogens with zero attached hydrogens (tertiary/aromatic N) is 3. The number of aromatic amines is 1. The zero-order chi connectivity index (χ0) is 27.1. The number of fused-ring (bicyclic) bond motifs is 1. The molecule has 0 bridgehead atoms. The molecule has 1 aromatic carbocycles. The molecule has 1 aliphatic carbocycles. The number of sulfonamides is 1. The van der Waals surface area contributed by atoms with E-state index in [9.17, 15) is 22.0 Å². The molecule has 0 saturated heterocycles. The molecule has 3 heterocycles. The number of amides is 1. The van der Waals surface area contributed by atoms with Gasteiger partial charge in [-0.1, -0.05) is 19.3 Å². The standard InChI is InChI=1S/C26H30F2N6O3S/c1-26(2)22-21(15-34(26)38(36,37)19-12-17(27)11-18(28)13-19)24(33-32-22)31-25(35)20-9-6-10-29-23(20)30-14-16-7-4-3-5-8-16/h6,9-13,16H,3-5,7-8,14-15H2,1-2H3,(H,29,30)(H2,31,32,33,35). The van der Waals surface area contributed by atoms with Crippen LogP contribution in [0.1, 0.15) is 67.6 Å². The van der Waals surface area contributed by atoms with Gasteiger partial charge in [-0.05, 0) is 56.9 Å². The van der Waals surface area contributed by atoms with Crippen LogP contribution in [-0.4, -0.2) is 40.4 Å². The van der Waals surface area contributed by atoms with Crippen molar-refractivity contribution in [3.63, 3.8) is 0 Å². The number of nitrogens with one attached hydrogen (secondary N) is 3. The molecule has 202 valence electrons. The van der Waals surface area contributed by atoms with Gasteiger partial charge in [0.15, 0.2) is 5.82 Å². The number of carbonyl (C=O) groups excluding carboxylic acids is 1. The van der Waals surface area contributed by atoms with E-state index in [-0.39, 0.29) is 12.4 Å². The number of anilines is 2. The normalized spacial score (nSPS) is 17.8. The number of aromatic nitrogens is 3. The fourth-order valence-electron chi connectivity index (χ4n) is 5.32. The van der Waals surface area contributed by atoms with Crippen LogP contribution < -0.4 is 10.6 Å². The minimum absolute atomic E-state index is 0.144. The van der Waals surface area contributed by atoms with E-state index in [2.05, 4.69) is 25.8 Å². The molecule has 1 aliphatic heterocycles. The first-order chi connectivity index (χ1) is 18.1. The van der Waals surface area contributed by atoms with Crippen molar-refractivity contribution in [1.82, 2.24) is 19.5 Å². The van der Waals surface area contributed by atoms with Gasteiger partial charge in [0.2, 0.25) is 10.0 Å². The van der Waals surface area contributed by atoms with Gasteiger partial charge in [-0.2, -0.15) is 9.40 Å². The average molecular weight is 545 g/mol. The van der Waals surface area contributed by atoms with Gasteiger partial charge >= 0.3 is 0 Å². The van der Waals surface area contributed by atoms with Crippen LogP contribution in [0.15, 0.2) is 41.4 Å². The maximum Gasteiger partial charge on any atom is 0.260 e. The summed E-state index contributed by atoms with van der Waals surface area (Å²) in [4.78, 5) is 17.1. The molecule has 0 atom stereocenters. The van der Waals surface area contributed by atoms with Gasteiger partial charge in [-0.25, -0.2) is 22.2 Å². The van der Waals surface area contributed by atoms with E-state index < -0.39 is 38.0 Å². The molecule has 9 nitrogen and oxygen atoms in total. The van der Waals surface area contributed by atoms with Crippen LogP contribution in [-0.2, 0) is 22.1 Å². The predicted octanol–water partition coefficient (Wildman–Crippen LogP) is 4.77. The molecule has 1 fully saturated rings. The highest BCUT2D eigenvalue weighted by molar-refractivity contribution is 7.89. The van der Waals surface area contributed by atoms with E-state index in [4.69, 9.17) is 0 Å². The Bertz CT molecular complexity index is 1450. The summed E-state index contributed by atoms with van der Waals surface area (Å²) in [5, 5.41) is 13.2. The minimum atomic E-state index is -4.28. The third-order valence-electron chi connectivity index (χ3n) is 7.40. The lowest BCUT2D eigenvalue weighted by molar-refractivity contribution is 0.102. The summed E-state index contributed by atoms with van der Waals surface area (Å²) >= 11 is 0. The number of hydrogen-bond donors (Lipinski definition) is 3. The Kier molecular flexibility index (Phi) is 6.95. The van der Waals surface area contributed by atoms with Crippen LogP contribution in [0.25, 0.3) is 0 Å². The van der Waals surface area contributed by atoms with Crippen LogP contribution in [0.5, 0.6) is 0 Å². The molecule has 38 heavy (non-hydrogen) atoms. The molecule has 1 saturated carbocycles. The first-order valence-corrected chi connectivity index (χ1v) is 14.1. The van der Waals surface area contributed by atoms with E-state index in [1.165, 1.54) is 19.3 Å². The lowest BCUT2D eigenvalue weighted by Gasteiger charge is -2.30. The van der Waals surface area contributed by atoms with E-state index >= 15 is 0 Å². The third-order valence-corrected chi connectivity index (χ3v) is 9.39. The summed E-state index contributed by atoms with van der Waals surface area (Å²) < 4.78 is 55.5. The third kappa shape index (κ3) is 4.90. The molecule has 0 spiro atoms. The lowest BCUT2D eigenvalue weighted by atomic mass is 9.89. The van der Waals surface area contributed by atoms with Crippen LogP contribution in [0.4, 0.5) is 20.4 Å². The van der Waals surface area contributed by atoms with Gasteiger partial charge in [0, 0.05) is 30.9 Å². The fourth-order valence-corrected chi connectivity index (χ4v) is 7.09. The van der Waals surface area contributed by atoms with Gasteiger partial charge in [0.05, 0.1) is 21.7 Å². The van der Waals surface area contributed by atoms with Crippen LogP contribution >= 0.6 is 0 Å². The fraction of sp³-hybridized carbons (Fsp3) is 0.423.